The third kappa shape index (κ3) is 1.09. The van der Waals surface area contributed by atoms with Crippen LogP contribution in [0.15, 0.2) is 12.6 Å². The number of aromatic nitrogens is 1. The molecule has 0 aromatic carbocycles. The monoisotopic (exact) mass is 173 g/mol. The van der Waals surface area contributed by atoms with Crippen molar-refractivity contribution in [1.82, 2.24) is 3.98 Å². The molecule has 0 saturated heterocycles. The molecule has 0 N–H and O–H groups in total. The van der Waals surface area contributed by atoms with Gasteiger partial charge < -0.3 is 0 Å². The van der Waals surface area contributed by atoms with Crippen LogP contribution >= 0.6 is 0 Å². The molecule has 1 heterocycles. The maximum atomic E-state index is 4.20. The summed E-state index contributed by atoms with van der Waals surface area (Å²) in [6.45, 7) is 5.66. The Morgan fingerprint density at radius 3 is 2.88 bits per heavy atom. The fraction of sp³-hybridized carbons (Fsp3) is 0.167. The Morgan fingerprint density at radius 1 is 1.88 bits per heavy atom. The minimum absolute atomic E-state index is 0.339. The molecule has 0 amide bonds. The van der Waals surface area contributed by atoms with Gasteiger partial charge in [-0.15, -0.1) is 0 Å². The van der Waals surface area contributed by atoms with Gasteiger partial charge in [0.1, 0.15) is 0 Å². The molecule has 42 valence electrons. The van der Waals surface area contributed by atoms with Crippen LogP contribution in [-0.4, -0.2) is 18.7 Å². The quantitative estimate of drug-likeness (QED) is 0.578. The first kappa shape index (κ1) is 5.80. The van der Waals surface area contributed by atoms with Gasteiger partial charge in [-0.25, -0.2) is 0 Å². The predicted molar refractivity (Wildman–Crippen MR) is 36.0 cm³/mol. The third-order valence-electron chi connectivity index (χ3n) is 0.847. The van der Waals surface area contributed by atoms with Crippen LogP contribution in [0.3, 0.4) is 0 Å². The van der Waals surface area contributed by atoms with E-state index in [9.17, 15) is 0 Å². The molecule has 2 heteroatoms. The Morgan fingerprint density at radius 2 is 2.62 bits per heavy atom. The summed E-state index contributed by atoms with van der Waals surface area (Å²) >= 11 is 0.339. The number of hydrogen-bond acceptors (Lipinski definition) is 1. The molecule has 0 bridgehead atoms. The normalized spacial score (nSPS) is 9.12. The molecule has 0 aliphatic carbocycles. The van der Waals surface area contributed by atoms with Crippen LogP contribution in [0.5, 0.6) is 0 Å². The zero-order valence-corrected chi connectivity index (χ0v) is 6.43. The zero-order chi connectivity index (χ0) is 5.98. The molecular weight excluding hydrogens is 165 g/mol. The Hall–Kier alpha value is -0.331. The van der Waals surface area contributed by atoms with Gasteiger partial charge in [-0.3, -0.25) is 0 Å². The van der Waals surface area contributed by atoms with Crippen LogP contribution in [0.1, 0.15) is 10.1 Å². The van der Waals surface area contributed by atoms with Gasteiger partial charge in [0.25, 0.3) is 0 Å². The molecule has 1 rings (SSSR count). The van der Waals surface area contributed by atoms with Gasteiger partial charge in [-0.2, -0.15) is 0 Å². The molecule has 1 aromatic rings. The molecule has 0 aliphatic heterocycles. The van der Waals surface area contributed by atoms with Crippen LogP contribution in [0, 0.1) is 6.92 Å². The predicted octanol–water partition coefficient (Wildman–Crippen LogP) is 1.09. The van der Waals surface area contributed by atoms with Crippen molar-refractivity contribution in [2.45, 2.75) is 6.92 Å². The van der Waals surface area contributed by atoms with Gasteiger partial charge in [0.15, 0.2) is 0 Å². The summed E-state index contributed by atoms with van der Waals surface area (Å²) in [6.07, 6.45) is 1.88. The summed E-state index contributed by atoms with van der Waals surface area (Å²) < 4.78 is 5.49. The molecule has 0 saturated carbocycles. The van der Waals surface area contributed by atoms with E-state index >= 15 is 0 Å². The topological polar surface area (TPSA) is 12.9 Å². The molecule has 0 fully saturated rings. The molecule has 0 radical (unpaired) electrons. The molecule has 1 nitrogen and oxygen atoms in total. The molecule has 0 aliphatic rings. The Balaban J connectivity index is 3.00. The van der Waals surface area contributed by atoms with Crippen LogP contribution in [0.25, 0.3) is 6.08 Å². The number of rotatable bonds is 1. The average molecular weight is 172 g/mol. The fourth-order valence-corrected chi connectivity index (χ4v) is 1.74. The standard InChI is InChI=1S/C6H7NSe/c1-3-6-4-5(2)7-8-6/h3-4H,1H2,2H3. The van der Waals surface area contributed by atoms with Crippen molar-refractivity contribution >= 4 is 20.8 Å². The molecule has 0 unspecified atom stereocenters. The summed E-state index contributed by atoms with van der Waals surface area (Å²) in [6, 6.07) is 2.08. The van der Waals surface area contributed by atoms with E-state index in [0.717, 1.165) is 5.69 Å². The van der Waals surface area contributed by atoms with E-state index in [1.54, 1.807) is 0 Å². The third-order valence-corrected chi connectivity index (χ3v) is 2.68. The van der Waals surface area contributed by atoms with Crippen molar-refractivity contribution in [1.29, 1.82) is 0 Å². The second kappa shape index (κ2) is 2.29. The van der Waals surface area contributed by atoms with Gasteiger partial charge >= 0.3 is 54.5 Å². The summed E-state index contributed by atoms with van der Waals surface area (Å²) in [4.78, 5) is 0. The van der Waals surface area contributed by atoms with E-state index in [0.29, 0.717) is 14.7 Å². The zero-order valence-electron chi connectivity index (χ0n) is 4.72. The average Bonchev–Trinajstić information content (AvgIpc) is 2.14. The molecule has 0 atom stereocenters. The second-order valence-electron chi connectivity index (χ2n) is 1.57. The van der Waals surface area contributed by atoms with Crippen LogP contribution in [0.4, 0.5) is 0 Å². The van der Waals surface area contributed by atoms with Gasteiger partial charge in [-0.1, -0.05) is 0 Å². The van der Waals surface area contributed by atoms with Crippen molar-refractivity contribution in [3.05, 3.63) is 22.8 Å². The van der Waals surface area contributed by atoms with E-state index in [4.69, 9.17) is 0 Å². The number of hydrogen-bond donors (Lipinski definition) is 0. The van der Waals surface area contributed by atoms with Crippen molar-refractivity contribution in [2.75, 3.05) is 0 Å². The van der Waals surface area contributed by atoms with Crippen LogP contribution in [-0.2, 0) is 0 Å². The van der Waals surface area contributed by atoms with Gasteiger partial charge in [0.05, 0.1) is 0 Å². The first-order chi connectivity index (χ1) is 3.83. The molecular formula is C6H7NSe. The summed E-state index contributed by atoms with van der Waals surface area (Å²) in [7, 11) is 0. The van der Waals surface area contributed by atoms with E-state index in [1.807, 2.05) is 13.0 Å². The molecule has 8 heavy (non-hydrogen) atoms. The van der Waals surface area contributed by atoms with E-state index in [2.05, 4.69) is 16.6 Å². The maximum absolute atomic E-state index is 4.20. The number of aryl methyl sites for hydroxylation is 1. The van der Waals surface area contributed by atoms with Crippen molar-refractivity contribution < 1.29 is 0 Å². The first-order valence-electron chi connectivity index (χ1n) is 2.38. The van der Waals surface area contributed by atoms with Crippen LogP contribution in [0.2, 0.25) is 0 Å². The summed E-state index contributed by atoms with van der Waals surface area (Å²) in [5.41, 5.74) is 1.14. The minimum atomic E-state index is 0.339. The van der Waals surface area contributed by atoms with Crippen LogP contribution < -0.4 is 0 Å². The fourth-order valence-electron chi connectivity index (χ4n) is 0.479. The van der Waals surface area contributed by atoms with Crippen molar-refractivity contribution in [3.8, 4) is 0 Å². The van der Waals surface area contributed by atoms with E-state index in [-0.39, 0.29) is 0 Å². The van der Waals surface area contributed by atoms with Gasteiger partial charge in [0.2, 0.25) is 0 Å². The summed E-state index contributed by atoms with van der Waals surface area (Å²) in [5, 5.41) is 0. The Bertz CT molecular complexity index is 190. The molecule has 1 aromatic heterocycles. The van der Waals surface area contributed by atoms with Crippen molar-refractivity contribution in [2.24, 2.45) is 0 Å². The van der Waals surface area contributed by atoms with Crippen molar-refractivity contribution in [3.63, 3.8) is 0 Å². The Labute approximate surface area is 55.0 Å². The van der Waals surface area contributed by atoms with E-state index in [1.165, 1.54) is 4.44 Å². The Kier molecular flexibility index (Phi) is 1.66. The second-order valence-corrected chi connectivity index (χ2v) is 3.33. The summed E-state index contributed by atoms with van der Waals surface area (Å²) in [5.74, 6) is 0. The van der Waals surface area contributed by atoms with E-state index < -0.39 is 0 Å². The van der Waals surface area contributed by atoms with Gasteiger partial charge in [-0.05, 0) is 0 Å². The number of nitrogens with zero attached hydrogens (tertiary/aromatic N) is 1. The van der Waals surface area contributed by atoms with Gasteiger partial charge in [0, 0.05) is 0 Å². The molecule has 0 spiro atoms. The SMILES string of the molecule is C=Cc1cc(C)n[se]1. The first-order valence-corrected chi connectivity index (χ1v) is 4.01.